The Morgan fingerprint density at radius 1 is 1.31 bits per heavy atom. The van der Waals surface area contributed by atoms with Crippen LogP contribution in [0, 0.1) is 5.92 Å². The largest absolute Gasteiger partial charge is 0.381 e. The van der Waals surface area contributed by atoms with Crippen LogP contribution < -0.4 is 0 Å². The van der Waals surface area contributed by atoms with Crippen molar-refractivity contribution in [1.29, 1.82) is 0 Å². The fourth-order valence-corrected chi connectivity index (χ4v) is 2.44. The van der Waals surface area contributed by atoms with Gasteiger partial charge in [0.2, 0.25) is 5.91 Å². The number of ether oxygens (including phenoxy) is 1. The fraction of sp³-hybridized carbons (Fsp3) is 0.769. The minimum atomic E-state index is 0.108. The number of carbonyl (C=O) groups excluding carboxylic acids is 1. The highest BCUT2D eigenvalue weighted by Crippen LogP contribution is 2.27. The van der Waals surface area contributed by atoms with Gasteiger partial charge in [-0.1, -0.05) is 6.58 Å². The van der Waals surface area contributed by atoms with E-state index in [1.165, 1.54) is 25.3 Å². The van der Waals surface area contributed by atoms with Crippen LogP contribution in [0.3, 0.4) is 0 Å². The maximum absolute atomic E-state index is 11.8. The standard InChI is InChI=1S/C13H21NO2/c1-2-13(15)14(12-4-3-5-12)10-11-6-8-16-9-7-11/h2,11-12H,1,3-10H2. The number of nitrogens with zero attached hydrogens (tertiary/aromatic N) is 1. The molecule has 3 heteroatoms. The number of hydrogen-bond acceptors (Lipinski definition) is 2. The van der Waals surface area contributed by atoms with Crippen molar-refractivity contribution < 1.29 is 9.53 Å². The molecule has 0 aromatic carbocycles. The SMILES string of the molecule is C=CC(=O)N(CC1CCOCC1)C1CCC1. The highest BCUT2D eigenvalue weighted by atomic mass is 16.5. The Morgan fingerprint density at radius 2 is 2.00 bits per heavy atom. The summed E-state index contributed by atoms with van der Waals surface area (Å²) in [7, 11) is 0. The van der Waals surface area contributed by atoms with Gasteiger partial charge in [-0.15, -0.1) is 0 Å². The summed E-state index contributed by atoms with van der Waals surface area (Å²) in [6, 6.07) is 0.480. The van der Waals surface area contributed by atoms with E-state index < -0.39 is 0 Å². The van der Waals surface area contributed by atoms with E-state index in [1.807, 2.05) is 4.90 Å². The third-order valence-corrected chi connectivity index (χ3v) is 3.77. The summed E-state index contributed by atoms with van der Waals surface area (Å²) in [6.45, 7) is 6.21. The molecule has 2 fully saturated rings. The quantitative estimate of drug-likeness (QED) is 0.682. The molecule has 0 N–H and O–H groups in total. The molecule has 1 saturated heterocycles. The van der Waals surface area contributed by atoms with Crippen molar-refractivity contribution >= 4 is 5.91 Å². The lowest BCUT2D eigenvalue weighted by molar-refractivity contribution is -0.131. The highest BCUT2D eigenvalue weighted by molar-refractivity contribution is 5.87. The summed E-state index contributed by atoms with van der Waals surface area (Å²) in [6.07, 6.45) is 7.24. The molecule has 2 aliphatic rings. The second-order valence-electron chi connectivity index (χ2n) is 4.84. The van der Waals surface area contributed by atoms with Crippen LogP contribution in [0.15, 0.2) is 12.7 Å². The lowest BCUT2D eigenvalue weighted by Crippen LogP contribution is -2.46. The third kappa shape index (κ3) is 2.64. The van der Waals surface area contributed by atoms with Crippen LogP contribution in [0.5, 0.6) is 0 Å². The molecule has 3 nitrogen and oxygen atoms in total. The molecule has 1 heterocycles. The molecule has 0 aromatic heterocycles. The Bertz CT molecular complexity index is 255. The molecule has 1 amide bonds. The summed E-state index contributed by atoms with van der Waals surface area (Å²) in [4.78, 5) is 13.8. The van der Waals surface area contributed by atoms with E-state index in [0.29, 0.717) is 12.0 Å². The molecular weight excluding hydrogens is 202 g/mol. The normalized spacial score (nSPS) is 22.5. The van der Waals surface area contributed by atoms with Gasteiger partial charge in [0.15, 0.2) is 0 Å². The van der Waals surface area contributed by atoms with Crippen molar-refractivity contribution in [2.75, 3.05) is 19.8 Å². The van der Waals surface area contributed by atoms with Crippen LogP contribution in [-0.2, 0) is 9.53 Å². The monoisotopic (exact) mass is 223 g/mol. The number of amides is 1. The minimum Gasteiger partial charge on any atom is -0.381 e. The van der Waals surface area contributed by atoms with Crippen LogP contribution in [0.25, 0.3) is 0 Å². The summed E-state index contributed by atoms with van der Waals surface area (Å²) in [5, 5.41) is 0. The first-order valence-corrected chi connectivity index (χ1v) is 6.32. The zero-order chi connectivity index (χ0) is 11.4. The average Bonchev–Trinajstić information content (AvgIpc) is 2.26. The van der Waals surface area contributed by atoms with Crippen LogP contribution in [0.2, 0.25) is 0 Å². The number of carbonyl (C=O) groups is 1. The Balaban J connectivity index is 1.89. The fourth-order valence-electron chi connectivity index (χ4n) is 2.44. The maximum Gasteiger partial charge on any atom is 0.246 e. The average molecular weight is 223 g/mol. The van der Waals surface area contributed by atoms with Gasteiger partial charge < -0.3 is 9.64 Å². The van der Waals surface area contributed by atoms with Crippen LogP contribution in [-0.4, -0.2) is 36.6 Å². The molecule has 0 aromatic rings. The van der Waals surface area contributed by atoms with Crippen molar-refractivity contribution in [3.05, 3.63) is 12.7 Å². The summed E-state index contributed by atoms with van der Waals surface area (Å²) < 4.78 is 5.35. The smallest absolute Gasteiger partial charge is 0.246 e. The number of hydrogen-bond donors (Lipinski definition) is 0. The van der Waals surface area contributed by atoms with E-state index in [1.54, 1.807) is 0 Å². The van der Waals surface area contributed by atoms with Crippen LogP contribution >= 0.6 is 0 Å². The molecular formula is C13H21NO2. The van der Waals surface area contributed by atoms with Crippen molar-refractivity contribution in [2.24, 2.45) is 5.92 Å². The predicted molar refractivity (Wildman–Crippen MR) is 63.1 cm³/mol. The molecule has 0 spiro atoms. The summed E-state index contributed by atoms with van der Waals surface area (Å²) >= 11 is 0. The van der Waals surface area contributed by atoms with Gasteiger partial charge in [-0.3, -0.25) is 4.79 Å². The Hall–Kier alpha value is -0.830. The second-order valence-corrected chi connectivity index (χ2v) is 4.84. The minimum absolute atomic E-state index is 0.108. The molecule has 1 aliphatic carbocycles. The van der Waals surface area contributed by atoms with Gasteiger partial charge in [-0.25, -0.2) is 0 Å². The van der Waals surface area contributed by atoms with E-state index in [9.17, 15) is 4.79 Å². The van der Waals surface area contributed by atoms with Gasteiger partial charge in [0.05, 0.1) is 0 Å². The topological polar surface area (TPSA) is 29.5 Å². The first-order chi connectivity index (χ1) is 7.81. The molecule has 1 saturated carbocycles. The van der Waals surface area contributed by atoms with E-state index >= 15 is 0 Å². The third-order valence-electron chi connectivity index (χ3n) is 3.77. The van der Waals surface area contributed by atoms with E-state index in [0.717, 1.165) is 32.6 Å². The van der Waals surface area contributed by atoms with E-state index in [-0.39, 0.29) is 5.91 Å². The zero-order valence-electron chi connectivity index (χ0n) is 9.86. The van der Waals surface area contributed by atoms with Gasteiger partial charge in [0.1, 0.15) is 0 Å². The van der Waals surface area contributed by atoms with Gasteiger partial charge in [-0.05, 0) is 44.1 Å². The molecule has 0 bridgehead atoms. The Labute approximate surface area is 97.5 Å². The van der Waals surface area contributed by atoms with Crippen molar-refractivity contribution in [3.8, 4) is 0 Å². The van der Waals surface area contributed by atoms with Crippen LogP contribution in [0.1, 0.15) is 32.1 Å². The maximum atomic E-state index is 11.8. The van der Waals surface area contributed by atoms with Crippen molar-refractivity contribution in [3.63, 3.8) is 0 Å². The molecule has 0 unspecified atom stereocenters. The van der Waals surface area contributed by atoms with Gasteiger partial charge in [-0.2, -0.15) is 0 Å². The highest BCUT2D eigenvalue weighted by Gasteiger charge is 2.29. The van der Waals surface area contributed by atoms with Gasteiger partial charge in [0.25, 0.3) is 0 Å². The van der Waals surface area contributed by atoms with Gasteiger partial charge in [0, 0.05) is 25.8 Å². The lowest BCUT2D eigenvalue weighted by atomic mass is 9.89. The summed E-state index contributed by atoms with van der Waals surface area (Å²) in [5.74, 6) is 0.731. The molecule has 0 atom stereocenters. The summed E-state index contributed by atoms with van der Waals surface area (Å²) in [5.41, 5.74) is 0. The van der Waals surface area contributed by atoms with Crippen LogP contribution in [0.4, 0.5) is 0 Å². The molecule has 2 rings (SSSR count). The first-order valence-electron chi connectivity index (χ1n) is 6.32. The molecule has 0 radical (unpaired) electrons. The van der Waals surface area contributed by atoms with Gasteiger partial charge >= 0.3 is 0 Å². The van der Waals surface area contributed by atoms with E-state index in [4.69, 9.17) is 4.74 Å². The molecule has 90 valence electrons. The molecule has 1 aliphatic heterocycles. The zero-order valence-corrected chi connectivity index (χ0v) is 9.86. The van der Waals surface area contributed by atoms with Crippen molar-refractivity contribution in [2.45, 2.75) is 38.1 Å². The molecule has 16 heavy (non-hydrogen) atoms. The predicted octanol–water partition coefficient (Wildman–Crippen LogP) is 1.98. The lowest BCUT2D eigenvalue weighted by Gasteiger charge is -2.39. The number of rotatable bonds is 4. The first kappa shape index (κ1) is 11.6. The second kappa shape index (κ2) is 5.48. The van der Waals surface area contributed by atoms with Crippen molar-refractivity contribution in [1.82, 2.24) is 4.90 Å². The Morgan fingerprint density at radius 3 is 2.50 bits per heavy atom. The van der Waals surface area contributed by atoms with E-state index in [2.05, 4.69) is 6.58 Å². The Kier molecular flexibility index (Phi) is 3.99.